The molecule has 0 aliphatic carbocycles. The van der Waals surface area contributed by atoms with E-state index in [-0.39, 0.29) is 36.2 Å². The number of nitriles is 1. The van der Waals surface area contributed by atoms with Gasteiger partial charge < -0.3 is 9.64 Å². The second kappa shape index (κ2) is 8.67. The molecule has 3 atom stereocenters. The topological polar surface area (TPSA) is 69.5 Å². The van der Waals surface area contributed by atoms with Crippen LogP contribution in [-0.4, -0.2) is 52.5 Å². The summed E-state index contributed by atoms with van der Waals surface area (Å²) in [5, 5.41) is 8.75. The van der Waals surface area contributed by atoms with Crippen molar-refractivity contribution in [3.05, 3.63) is 58.4 Å². The molecule has 0 radical (unpaired) electrons. The Morgan fingerprint density at radius 2 is 1.97 bits per heavy atom. The van der Waals surface area contributed by atoms with E-state index >= 15 is 0 Å². The van der Waals surface area contributed by atoms with Gasteiger partial charge in [-0.2, -0.15) is 18.4 Å². The molecule has 1 amide bonds. The molecule has 4 rings (SSSR count). The highest BCUT2D eigenvalue weighted by Crippen LogP contribution is 2.39. The molecule has 2 saturated heterocycles. The largest absolute Gasteiger partial charge is 0.478 e. The molecule has 0 N–H and O–H groups in total. The van der Waals surface area contributed by atoms with Crippen molar-refractivity contribution in [3.8, 4) is 11.8 Å². The zero-order valence-electron chi connectivity index (χ0n) is 18.7. The lowest BCUT2D eigenvalue weighted by molar-refractivity contribution is -0.141. The minimum atomic E-state index is -4.53. The first-order valence-electron chi connectivity index (χ1n) is 10.8. The van der Waals surface area contributed by atoms with Crippen molar-refractivity contribution in [1.82, 2.24) is 14.8 Å². The molecule has 0 spiro atoms. The molecule has 0 saturated carbocycles. The van der Waals surface area contributed by atoms with Crippen LogP contribution in [0.1, 0.15) is 52.1 Å². The summed E-state index contributed by atoms with van der Waals surface area (Å²) in [6.45, 7) is 7.41. The van der Waals surface area contributed by atoms with Gasteiger partial charge in [-0.15, -0.1) is 0 Å². The molecule has 2 fully saturated rings. The summed E-state index contributed by atoms with van der Waals surface area (Å²) >= 11 is 0. The third-order valence-electron chi connectivity index (χ3n) is 6.86. The molecular weight excluding hydrogens is 433 g/mol. The van der Waals surface area contributed by atoms with E-state index in [1.165, 1.54) is 11.6 Å². The Bertz CT molecular complexity index is 1090. The lowest BCUT2D eigenvalue weighted by Crippen LogP contribution is -2.49. The first kappa shape index (κ1) is 23.1. The molecule has 1 aromatic heterocycles. The number of likely N-dealkylation sites (tertiary alicyclic amines) is 2. The Morgan fingerprint density at radius 3 is 2.55 bits per heavy atom. The van der Waals surface area contributed by atoms with Crippen LogP contribution in [0.3, 0.4) is 0 Å². The third kappa shape index (κ3) is 4.27. The van der Waals surface area contributed by atoms with Crippen LogP contribution in [-0.2, 0) is 6.18 Å². The number of carbonyl (C=O) groups excluding carboxylic acids is 1. The summed E-state index contributed by atoms with van der Waals surface area (Å²) in [5.74, 6) is 0.428. The van der Waals surface area contributed by atoms with E-state index in [9.17, 15) is 18.0 Å². The number of benzene rings is 1. The second-order valence-corrected chi connectivity index (χ2v) is 8.65. The molecule has 2 bridgehead atoms. The number of fused-ring (bicyclic) bond motifs is 2. The van der Waals surface area contributed by atoms with Crippen LogP contribution < -0.4 is 4.74 Å². The first-order valence-corrected chi connectivity index (χ1v) is 10.8. The van der Waals surface area contributed by atoms with Crippen molar-refractivity contribution in [2.75, 3.05) is 19.7 Å². The Kier molecular flexibility index (Phi) is 6.06. The molecule has 174 valence electrons. The average molecular weight is 458 g/mol. The predicted octanol–water partition coefficient (Wildman–Crippen LogP) is 4.28. The van der Waals surface area contributed by atoms with E-state index in [2.05, 4.69) is 16.8 Å². The van der Waals surface area contributed by atoms with E-state index in [4.69, 9.17) is 10.00 Å². The van der Waals surface area contributed by atoms with Gasteiger partial charge in [0, 0.05) is 37.4 Å². The number of nitrogens with zero attached hydrogens (tertiary/aromatic N) is 4. The minimum absolute atomic E-state index is 0.00335. The van der Waals surface area contributed by atoms with Crippen molar-refractivity contribution in [2.45, 2.75) is 51.5 Å². The quantitative estimate of drug-likeness (QED) is 0.669. The smallest absolute Gasteiger partial charge is 0.433 e. The van der Waals surface area contributed by atoms with Crippen LogP contribution in [0.2, 0.25) is 0 Å². The van der Waals surface area contributed by atoms with Gasteiger partial charge >= 0.3 is 6.18 Å². The molecular formula is C24H25F3N4O2. The van der Waals surface area contributed by atoms with Crippen molar-refractivity contribution in [3.63, 3.8) is 0 Å². The Balaban J connectivity index is 1.45. The van der Waals surface area contributed by atoms with Gasteiger partial charge in [0.2, 0.25) is 0 Å². The van der Waals surface area contributed by atoms with Gasteiger partial charge in [-0.3, -0.25) is 14.7 Å². The molecule has 1 aromatic carbocycles. The summed E-state index contributed by atoms with van der Waals surface area (Å²) in [6, 6.07) is 8.30. The van der Waals surface area contributed by atoms with E-state index in [0.29, 0.717) is 18.8 Å². The van der Waals surface area contributed by atoms with Gasteiger partial charge in [-0.1, -0.05) is 6.07 Å². The summed E-state index contributed by atoms with van der Waals surface area (Å²) in [6.07, 6.45) is -2.67. The zero-order valence-corrected chi connectivity index (χ0v) is 18.7. The van der Waals surface area contributed by atoms with Crippen LogP contribution in [0.25, 0.3) is 0 Å². The Labute approximate surface area is 190 Å². The van der Waals surface area contributed by atoms with Gasteiger partial charge in [0.05, 0.1) is 5.56 Å². The zero-order chi connectivity index (χ0) is 23.9. The van der Waals surface area contributed by atoms with E-state index in [1.54, 1.807) is 4.90 Å². The average Bonchev–Trinajstić information content (AvgIpc) is 3.40. The highest BCUT2D eigenvalue weighted by Gasteiger charge is 2.47. The van der Waals surface area contributed by atoms with Crippen LogP contribution in [0.15, 0.2) is 30.5 Å². The van der Waals surface area contributed by atoms with Crippen molar-refractivity contribution in [2.24, 2.45) is 0 Å². The molecule has 33 heavy (non-hydrogen) atoms. The fourth-order valence-electron chi connectivity index (χ4n) is 4.99. The molecule has 0 unspecified atom stereocenters. The molecule has 3 heterocycles. The summed E-state index contributed by atoms with van der Waals surface area (Å²) < 4.78 is 43.7. The summed E-state index contributed by atoms with van der Waals surface area (Å²) in [4.78, 5) is 20.5. The van der Waals surface area contributed by atoms with Crippen LogP contribution in [0, 0.1) is 25.2 Å². The second-order valence-electron chi connectivity index (χ2n) is 8.65. The summed E-state index contributed by atoms with van der Waals surface area (Å²) in [5.41, 5.74) is 2.47. The van der Waals surface area contributed by atoms with Gasteiger partial charge in [0.1, 0.15) is 17.5 Å². The maximum absolute atomic E-state index is 12.9. The van der Waals surface area contributed by atoms with E-state index in [0.717, 1.165) is 29.8 Å². The highest BCUT2D eigenvalue weighted by molar-refractivity contribution is 5.94. The van der Waals surface area contributed by atoms with Crippen LogP contribution in [0.5, 0.6) is 5.75 Å². The van der Waals surface area contributed by atoms with Gasteiger partial charge in [-0.25, -0.2) is 0 Å². The van der Waals surface area contributed by atoms with Gasteiger partial charge in [0.25, 0.3) is 5.91 Å². The monoisotopic (exact) mass is 458 g/mol. The summed E-state index contributed by atoms with van der Waals surface area (Å²) in [7, 11) is 0. The number of pyridine rings is 1. The number of aromatic nitrogens is 1. The minimum Gasteiger partial charge on any atom is -0.478 e. The number of amides is 1. The molecule has 2 aliphatic rings. The highest BCUT2D eigenvalue weighted by atomic mass is 19.4. The Hall–Kier alpha value is -3.12. The predicted molar refractivity (Wildman–Crippen MR) is 115 cm³/mol. The number of hydrogen-bond donors (Lipinski definition) is 0. The molecule has 2 aromatic rings. The molecule has 9 heteroatoms. The van der Waals surface area contributed by atoms with E-state index < -0.39 is 11.9 Å². The number of halogens is 3. The Morgan fingerprint density at radius 1 is 1.21 bits per heavy atom. The first-order chi connectivity index (χ1) is 15.6. The van der Waals surface area contributed by atoms with Crippen molar-refractivity contribution in [1.29, 1.82) is 5.26 Å². The van der Waals surface area contributed by atoms with Crippen LogP contribution in [0.4, 0.5) is 13.2 Å². The fourth-order valence-corrected chi connectivity index (χ4v) is 4.99. The standard InChI is InChI=1S/C24H25F3N4O2/c1-14-15(2)21(33-9-8-28)6-5-20(14)16(3)30-12-19-10-18(30)13-31(19)23(32)17-4-7-22(29-11-17)24(25,26)27/h4-7,11,16,18-19H,9-10,12-13H2,1-3H3/t16-,18-,19-/m0/s1. The maximum Gasteiger partial charge on any atom is 0.433 e. The SMILES string of the molecule is Cc1c(OCC#N)ccc([C@H](C)N2C[C@@H]3C[C@H]2CN3C(=O)c2ccc(C(F)(F)F)nc2)c1C. The van der Waals surface area contributed by atoms with Gasteiger partial charge in [-0.05, 0) is 62.1 Å². The lowest BCUT2D eigenvalue weighted by atomic mass is 9.96. The van der Waals surface area contributed by atoms with Crippen molar-refractivity contribution < 1.29 is 22.7 Å². The number of carbonyl (C=O) groups is 1. The normalized spacial score (nSPS) is 21.2. The van der Waals surface area contributed by atoms with Gasteiger partial charge in [0.15, 0.2) is 6.61 Å². The lowest BCUT2D eigenvalue weighted by Gasteiger charge is -2.38. The number of rotatable bonds is 5. The maximum atomic E-state index is 12.9. The molecule has 6 nitrogen and oxygen atoms in total. The van der Waals surface area contributed by atoms with Crippen molar-refractivity contribution >= 4 is 5.91 Å². The number of hydrogen-bond acceptors (Lipinski definition) is 5. The number of piperazine rings is 1. The van der Waals surface area contributed by atoms with E-state index in [1.807, 2.05) is 32.0 Å². The fraction of sp³-hybridized carbons (Fsp3) is 0.458. The number of alkyl halides is 3. The third-order valence-corrected chi connectivity index (χ3v) is 6.86. The van der Waals surface area contributed by atoms with Crippen LogP contribution >= 0.6 is 0 Å². The number of ether oxygens (including phenoxy) is 1. The molecule has 2 aliphatic heterocycles.